The van der Waals surface area contributed by atoms with Crippen LogP contribution in [0, 0.1) is 23.2 Å². The molecule has 0 saturated heterocycles. The van der Waals surface area contributed by atoms with Crippen molar-refractivity contribution in [1.82, 2.24) is 9.97 Å². The SMILES string of the molecule is N#CC#CC(Cl)c1cnccn1. The lowest BCUT2D eigenvalue weighted by Gasteiger charge is -1.97. The van der Waals surface area contributed by atoms with Crippen molar-refractivity contribution < 1.29 is 0 Å². The van der Waals surface area contributed by atoms with Gasteiger partial charge in [0.2, 0.25) is 0 Å². The molecular formula is C8H4ClN3. The van der Waals surface area contributed by atoms with Gasteiger partial charge in [-0.05, 0) is 0 Å². The predicted octanol–water partition coefficient (Wildman–Crippen LogP) is 1.28. The molecule has 0 aliphatic heterocycles. The molecule has 0 spiro atoms. The Morgan fingerprint density at radius 1 is 1.50 bits per heavy atom. The summed E-state index contributed by atoms with van der Waals surface area (Å²) in [5.41, 5.74) is 0.557. The van der Waals surface area contributed by atoms with Crippen molar-refractivity contribution in [2.75, 3.05) is 0 Å². The summed E-state index contributed by atoms with van der Waals surface area (Å²) >= 11 is 5.76. The van der Waals surface area contributed by atoms with E-state index in [0.717, 1.165) is 0 Å². The Morgan fingerprint density at radius 2 is 2.33 bits per heavy atom. The van der Waals surface area contributed by atoms with Gasteiger partial charge in [-0.15, -0.1) is 11.6 Å². The highest BCUT2D eigenvalue weighted by atomic mass is 35.5. The van der Waals surface area contributed by atoms with E-state index in [2.05, 4.69) is 21.8 Å². The lowest BCUT2D eigenvalue weighted by molar-refractivity contribution is 1.05. The van der Waals surface area contributed by atoms with E-state index >= 15 is 0 Å². The molecule has 0 aromatic carbocycles. The van der Waals surface area contributed by atoms with Crippen LogP contribution < -0.4 is 0 Å². The average molecular weight is 178 g/mol. The van der Waals surface area contributed by atoms with Crippen molar-refractivity contribution >= 4 is 11.6 Å². The largest absolute Gasteiger partial charge is 0.261 e. The highest BCUT2D eigenvalue weighted by Gasteiger charge is 2.03. The maximum absolute atomic E-state index is 8.14. The zero-order chi connectivity index (χ0) is 8.81. The Labute approximate surface area is 75.0 Å². The van der Waals surface area contributed by atoms with Crippen molar-refractivity contribution in [2.24, 2.45) is 0 Å². The minimum absolute atomic E-state index is 0.557. The fraction of sp³-hybridized carbons (Fsp3) is 0.125. The van der Waals surface area contributed by atoms with Gasteiger partial charge in [-0.1, -0.05) is 5.92 Å². The van der Waals surface area contributed by atoms with E-state index in [9.17, 15) is 0 Å². The van der Waals surface area contributed by atoms with Crippen LogP contribution in [0.25, 0.3) is 0 Å². The molecular weight excluding hydrogens is 174 g/mol. The van der Waals surface area contributed by atoms with Crippen molar-refractivity contribution in [1.29, 1.82) is 5.26 Å². The quantitative estimate of drug-likeness (QED) is 0.480. The minimum Gasteiger partial charge on any atom is -0.261 e. The third-order valence-corrected chi connectivity index (χ3v) is 1.43. The second-order valence-corrected chi connectivity index (χ2v) is 2.31. The molecule has 0 aliphatic rings. The third-order valence-electron chi connectivity index (χ3n) is 1.10. The molecule has 1 unspecified atom stereocenters. The van der Waals surface area contributed by atoms with Crippen LogP contribution in [0.1, 0.15) is 11.1 Å². The minimum atomic E-state index is -0.557. The van der Waals surface area contributed by atoms with E-state index < -0.39 is 5.38 Å². The van der Waals surface area contributed by atoms with E-state index in [4.69, 9.17) is 16.9 Å². The molecule has 0 saturated carbocycles. The molecule has 58 valence electrons. The van der Waals surface area contributed by atoms with Crippen molar-refractivity contribution in [3.05, 3.63) is 24.3 Å². The first-order valence-electron chi connectivity index (χ1n) is 3.14. The summed E-state index contributed by atoms with van der Waals surface area (Å²) < 4.78 is 0. The predicted molar refractivity (Wildman–Crippen MR) is 44.0 cm³/mol. The summed E-state index contributed by atoms with van der Waals surface area (Å²) in [5.74, 6) is 4.70. The first kappa shape index (κ1) is 8.52. The Kier molecular flexibility index (Phi) is 3.07. The number of nitriles is 1. The Bertz CT molecular complexity index is 344. The van der Waals surface area contributed by atoms with Gasteiger partial charge in [-0.2, -0.15) is 5.26 Å². The molecule has 0 aliphatic carbocycles. The van der Waals surface area contributed by atoms with Crippen LogP contribution in [0.2, 0.25) is 0 Å². The Balaban J connectivity index is 2.80. The van der Waals surface area contributed by atoms with E-state index in [-0.39, 0.29) is 0 Å². The van der Waals surface area contributed by atoms with E-state index in [1.165, 1.54) is 12.4 Å². The average Bonchev–Trinajstić information content (AvgIpc) is 2.15. The van der Waals surface area contributed by atoms with Gasteiger partial charge in [0.05, 0.1) is 11.9 Å². The number of nitrogens with zero attached hydrogens (tertiary/aromatic N) is 3. The standard InChI is InChI=1S/C8H4ClN3/c9-7(2-1-3-10)8-6-11-4-5-12-8/h4-7H. The van der Waals surface area contributed by atoms with E-state index in [0.29, 0.717) is 5.69 Å². The fourth-order valence-corrected chi connectivity index (χ4v) is 0.778. The first-order chi connectivity index (χ1) is 5.84. The molecule has 0 radical (unpaired) electrons. The number of aromatic nitrogens is 2. The van der Waals surface area contributed by atoms with Gasteiger partial charge in [0, 0.05) is 18.3 Å². The lowest BCUT2D eigenvalue weighted by Crippen LogP contribution is -1.91. The normalized spacial score (nSPS) is 10.7. The topological polar surface area (TPSA) is 49.6 Å². The van der Waals surface area contributed by atoms with E-state index in [1.54, 1.807) is 12.3 Å². The molecule has 0 N–H and O–H groups in total. The summed E-state index contributed by atoms with van der Waals surface area (Å²) in [7, 11) is 0. The molecule has 12 heavy (non-hydrogen) atoms. The fourth-order valence-electron chi connectivity index (χ4n) is 0.611. The van der Waals surface area contributed by atoms with E-state index in [1.807, 2.05) is 0 Å². The van der Waals surface area contributed by atoms with Crippen molar-refractivity contribution in [3.63, 3.8) is 0 Å². The zero-order valence-corrected chi connectivity index (χ0v) is 6.78. The van der Waals surface area contributed by atoms with Crippen molar-refractivity contribution in [2.45, 2.75) is 5.38 Å². The van der Waals surface area contributed by atoms with Gasteiger partial charge in [0.25, 0.3) is 0 Å². The summed E-state index contributed by atoms with van der Waals surface area (Å²) in [5, 5.41) is 7.59. The Morgan fingerprint density at radius 3 is 2.92 bits per heavy atom. The van der Waals surface area contributed by atoms with Gasteiger partial charge < -0.3 is 0 Å². The van der Waals surface area contributed by atoms with Crippen LogP contribution in [0.4, 0.5) is 0 Å². The number of alkyl halides is 1. The molecule has 1 aromatic rings. The molecule has 0 amide bonds. The van der Waals surface area contributed by atoms with Crippen LogP contribution in [0.5, 0.6) is 0 Å². The Hall–Kier alpha value is -1.58. The number of rotatable bonds is 1. The summed E-state index contributed by atoms with van der Waals surface area (Å²) in [6, 6.07) is 1.67. The van der Waals surface area contributed by atoms with Gasteiger partial charge in [0.15, 0.2) is 6.07 Å². The maximum Gasteiger partial charge on any atom is 0.152 e. The summed E-state index contributed by atoms with van der Waals surface area (Å²) in [6.45, 7) is 0. The van der Waals surface area contributed by atoms with Gasteiger partial charge in [0.1, 0.15) is 5.38 Å². The van der Waals surface area contributed by atoms with Crippen LogP contribution in [-0.2, 0) is 0 Å². The van der Waals surface area contributed by atoms with Gasteiger partial charge in [-0.3, -0.25) is 9.97 Å². The zero-order valence-electron chi connectivity index (χ0n) is 6.03. The molecule has 0 fully saturated rings. The first-order valence-corrected chi connectivity index (χ1v) is 3.58. The monoisotopic (exact) mass is 177 g/mol. The number of hydrogen-bond donors (Lipinski definition) is 0. The summed E-state index contributed by atoms with van der Waals surface area (Å²) in [6.07, 6.45) is 4.59. The molecule has 0 bridgehead atoms. The van der Waals surface area contributed by atoms with Crippen LogP contribution in [0.15, 0.2) is 18.6 Å². The number of hydrogen-bond acceptors (Lipinski definition) is 3. The second kappa shape index (κ2) is 4.33. The lowest BCUT2D eigenvalue weighted by atomic mass is 10.3. The number of halogens is 1. The molecule has 1 heterocycles. The van der Waals surface area contributed by atoms with Gasteiger partial charge in [-0.25, -0.2) is 0 Å². The van der Waals surface area contributed by atoms with Crippen LogP contribution in [0.3, 0.4) is 0 Å². The maximum atomic E-state index is 8.14. The van der Waals surface area contributed by atoms with Crippen molar-refractivity contribution in [3.8, 4) is 17.9 Å². The molecule has 3 nitrogen and oxygen atoms in total. The smallest absolute Gasteiger partial charge is 0.152 e. The highest BCUT2D eigenvalue weighted by molar-refractivity contribution is 6.22. The molecule has 1 aromatic heterocycles. The van der Waals surface area contributed by atoms with Gasteiger partial charge >= 0.3 is 0 Å². The molecule has 1 rings (SSSR count). The van der Waals surface area contributed by atoms with Crippen LogP contribution >= 0.6 is 11.6 Å². The second-order valence-electron chi connectivity index (χ2n) is 1.87. The highest BCUT2D eigenvalue weighted by Crippen LogP contribution is 2.14. The summed E-state index contributed by atoms with van der Waals surface area (Å²) in [4.78, 5) is 7.74. The third kappa shape index (κ3) is 2.23. The van der Waals surface area contributed by atoms with Crippen LogP contribution in [-0.4, -0.2) is 9.97 Å². The molecule has 1 atom stereocenters. The molecule has 4 heteroatoms.